The predicted octanol–water partition coefficient (Wildman–Crippen LogP) is -1.07. The van der Waals surface area contributed by atoms with Crippen molar-refractivity contribution >= 4 is 14.0 Å². The van der Waals surface area contributed by atoms with E-state index in [0.717, 1.165) is 0 Å². The summed E-state index contributed by atoms with van der Waals surface area (Å²) in [6.45, 7) is 0.355. The topological polar surface area (TPSA) is 60.2 Å². The van der Waals surface area contributed by atoms with E-state index in [2.05, 4.69) is 14.9 Å². The molecule has 92 valence electrons. The van der Waals surface area contributed by atoms with Crippen LogP contribution in [0.5, 0.6) is 0 Å². The first-order valence-electron chi connectivity index (χ1n) is 5.09. The maximum Gasteiger partial charge on any atom is 0.342 e. The molecule has 0 atom stereocenters. The minimum Gasteiger partial charge on any atom is -0.539 e. The Morgan fingerprint density at radius 1 is 1.53 bits per heavy atom. The van der Waals surface area contributed by atoms with Gasteiger partial charge in [-0.1, -0.05) is 0 Å². The van der Waals surface area contributed by atoms with Gasteiger partial charge in [0.1, 0.15) is 0 Å². The number of hydrogen-bond donors (Lipinski definition) is 0. The molecule has 0 aromatic carbocycles. The summed E-state index contributed by atoms with van der Waals surface area (Å²) in [7, 11) is 1.25. The van der Waals surface area contributed by atoms with E-state index in [1.807, 2.05) is 0 Å². The van der Waals surface area contributed by atoms with Gasteiger partial charge in [0.25, 0.3) is 5.92 Å². The van der Waals surface area contributed by atoms with Gasteiger partial charge in [0.2, 0.25) is 0 Å². The number of hydrogen-bond acceptors (Lipinski definition) is 5. The van der Waals surface area contributed by atoms with Crippen LogP contribution in [0.25, 0.3) is 0 Å². The number of alkyl halides is 2. The van der Waals surface area contributed by atoms with Crippen LogP contribution in [0.2, 0.25) is 0 Å². The lowest BCUT2D eigenvalue weighted by Gasteiger charge is -2.38. The van der Waals surface area contributed by atoms with Crippen LogP contribution < -0.4 is 0 Å². The third-order valence-electron chi connectivity index (χ3n) is 2.46. The van der Waals surface area contributed by atoms with E-state index >= 15 is 0 Å². The molecule has 2 heterocycles. The van der Waals surface area contributed by atoms with Gasteiger partial charge in [0, 0.05) is 6.54 Å². The first-order valence-corrected chi connectivity index (χ1v) is 5.09. The molecule has 1 aromatic rings. The normalized spacial score (nSPS) is 18.7. The number of rotatable bonds is 4. The molecule has 1 aliphatic heterocycles. The highest BCUT2D eigenvalue weighted by atomic mass is 19.3. The molecule has 0 spiro atoms. The Morgan fingerprint density at radius 3 is 2.82 bits per heavy atom. The van der Waals surface area contributed by atoms with Gasteiger partial charge in [0.05, 0.1) is 25.8 Å². The zero-order valence-corrected chi connectivity index (χ0v) is 9.27. The van der Waals surface area contributed by atoms with E-state index in [1.54, 1.807) is 4.90 Å². The third kappa shape index (κ3) is 2.79. The number of aromatic nitrogens is 3. The molecule has 17 heavy (non-hydrogen) atoms. The summed E-state index contributed by atoms with van der Waals surface area (Å²) in [6, 6.07) is 0. The van der Waals surface area contributed by atoms with E-state index in [-0.39, 0.29) is 18.8 Å². The highest BCUT2D eigenvalue weighted by Gasteiger charge is 2.43. The van der Waals surface area contributed by atoms with Crippen molar-refractivity contribution in [2.45, 2.75) is 12.5 Å². The quantitative estimate of drug-likeness (QED) is 0.631. The van der Waals surface area contributed by atoms with Gasteiger partial charge >= 0.3 is 14.0 Å². The van der Waals surface area contributed by atoms with Gasteiger partial charge in [-0.05, 0) is 0 Å². The number of halogens is 2. The maximum atomic E-state index is 12.5. The van der Waals surface area contributed by atoms with Crippen LogP contribution in [0.3, 0.4) is 0 Å². The fourth-order valence-electron chi connectivity index (χ4n) is 1.60. The van der Waals surface area contributed by atoms with Gasteiger partial charge in [-0.2, -0.15) is 9.90 Å². The SMILES string of the molecule is BOC(=O)c1cnn(CCN2CC(F)(F)C2)n1. The van der Waals surface area contributed by atoms with Crippen molar-refractivity contribution in [3.05, 3.63) is 11.9 Å². The second kappa shape index (κ2) is 4.40. The fraction of sp³-hybridized carbons (Fsp3) is 0.625. The number of likely N-dealkylation sites (tertiary alicyclic amines) is 1. The predicted molar refractivity (Wildman–Crippen MR) is 55.4 cm³/mol. The van der Waals surface area contributed by atoms with E-state index in [9.17, 15) is 13.6 Å². The Kier molecular flexibility index (Phi) is 3.10. The molecule has 0 bridgehead atoms. The van der Waals surface area contributed by atoms with E-state index < -0.39 is 11.9 Å². The molecule has 0 saturated carbocycles. The average molecular weight is 244 g/mol. The fourth-order valence-corrected chi connectivity index (χ4v) is 1.60. The van der Waals surface area contributed by atoms with Crippen LogP contribution in [-0.2, 0) is 11.2 Å². The summed E-state index contributed by atoms with van der Waals surface area (Å²) in [5, 5.41) is 7.71. The van der Waals surface area contributed by atoms with Gasteiger partial charge in [-0.3, -0.25) is 4.90 Å². The Morgan fingerprint density at radius 2 is 2.24 bits per heavy atom. The van der Waals surface area contributed by atoms with Crippen LogP contribution in [0.4, 0.5) is 8.78 Å². The van der Waals surface area contributed by atoms with Crippen LogP contribution in [0, 0.1) is 0 Å². The standard InChI is InChI=1S/C8H11BF2N4O2/c9-17-7(16)6-3-12-15(13-6)2-1-14-4-8(10,11)5-14/h3H,1-2,4-5,9H2. The summed E-state index contributed by atoms with van der Waals surface area (Å²) in [5.41, 5.74) is 0.112. The molecule has 1 fully saturated rings. The van der Waals surface area contributed by atoms with Crippen molar-refractivity contribution in [1.29, 1.82) is 0 Å². The molecular formula is C8H11BF2N4O2. The summed E-state index contributed by atoms with van der Waals surface area (Å²) in [6.07, 6.45) is 1.29. The molecule has 6 nitrogen and oxygen atoms in total. The molecule has 0 radical (unpaired) electrons. The van der Waals surface area contributed by atoms with Crippen molar-refractivity contribution in [2.75, 3.05) is 19.6 Å². The first-order chi connectivity index (χ1) is 8.00. The zero-order valence-electron chi connectivity index (χ0n) is 9.27. The Hall–Kier alpha value is -1.51. The largest absolute Gasteiger partial charge is 0.539 e. The number of carbonyl (C=O) groups is 1. The molecule has 1 aromatic heterocycles. The molecule has 0 N–H and O–H groups in total. The van der Waals surface area contributed by atoms with Gasteiger partial charge in [-0.25, -0.2) is 13.6 Å². The van der Waals surface area contributed by atoms with E-state index in [4.69, 9.17) is 0 Å². The van der Waals surface area contributed by atoms with Crippen LogP contribution >= 0.6 is 0 Å². The van der Waals surface area contributed by atoms with Gasteiger partial charge in [0.15, 0.2) is 5.69 Å². The minimum absolute atomic E-state index is 0.112. The number of carbonyl (C=O) groups excluding carboxylic acids is 1. The third-order valence-corrected chi connectivity index (χ3v) is 2.46. The van der Waals surface area contributed by atoms with Crippen molar-refractivity contribution in [3.8, 4) is 0 Å². The Balaban J connectivity index is 1.80. The second-order valence-electron chi connectivity index (χ2n) is 3.88. The molecular weight excluding hydrogens is 233 g/mol. The monoisotopic (exact) mass is 244 g/mol. The highest BCUT2D eigenvalue weighted by Crippen LogP contribution is 2.25. The first kappa shape index (κ1) is 12.0. The lowest BCUT2D eigenvalue weighted by molar-refractivity contribution is -0.131. The maximum absolute atomic E-state index is 12.5. The number of nitrogens with zero attached hydrogens (tertiary/aromatic N) is 4. The summed E-state index contributed by atoms with van der Waals surface area (Å²) < 4.78 is 29.5. The highest BCUT2D eigenvalue weighted by molar-refractivity contribution is 6.08. The van der Waals surface area contributed by atoms with Crippen LogP contribution in [0.15, 0.2) is 6.20 Å². The smallest absolute Gasteiger partial charge is 0.342 e. The molecule has 0 amide bonds. The molecule has 1 saturated heterocycles. The second-order valence-corrected chi connectivity index (χ2v) is 3.88. The van der Waals surface area contributed by atoms with Crippen molar-refractivity contribution in [2.24, 2.45) is 0 Å². The van der Waals surface area contributed by atoms with Crippen molar-refractivity contribution < 1.29 is 18.2 Å². The zero-order chi connectivity index (χ0) is 12.5. The van der Waals surface area contributed by atoms with Crippen molar-refractivity contribution in [3.63, 3.8) is 0 Å². The molecule has 1 aliphatic rings. The van der Waals surface area contributed by atoms with E-state index in [1.165, 1.54) is 19.0 Å². The average Bonchev–Trinajstić information content (AvgIpc) is 2.70. The van der Waals surface area contributed by atoms with Crippen LogP contribution in [-0.4, -0.2) is 59.5 Å². The molecule has 0 unspecified atom stereocenters. The molecule has 2 rings (SSSR count). The molecule has 0 aliphatic carbocycles. The summed E-state index contributed by atoms with van der Waals surface area (Å²) in [5.74, 6) is -3.12. The minimum atomic E-state index is -2.56. The summed E-state index contributed by atoms with van der Waals surface area (Å²) >= 11 is 0. The van der Waals surface area contributed by atoms with Gasteiger partial charge < -0.3 is 4.65 Å². The van der Waals surface area contributed by atoms with E-state index in [0.29, 0.717) is 13.1 Å². The van der Waals surface area contributed by atoms with Gasteiger partial charge in [-0.15, -0.1) is 5.10 Å². The lowest BCUT2D eigenvalue weighted by Crippen LogP contribution is -2.56. The van der Waals surface area contributed by atoms with Crippen molar-refractivity contribution in [1.82, 2.24) is 19.9 Å². The summed E-state index contributed by atoms with van der Waals surface area (Å²) in [4.78, 5) is 14.0. The Bertz CT molecular complexity index is 417. The van der Waals surface area contributed by atoms with Crippen LogP contribution in [0.1, 0.15) is 10.5 Å². The molecule has 9 heteroatoms. The Labute approximate surface area is 97.0 Å². The lowest BCUT2D eigenvalue weighted by atomic mass is 10.1.